The Labute approximate surface area is 221 Å². The van der Waals surface area contributed by atoms with Crippen LogP contribution in [0.25, 0.3) is 0 Å². The molecule has 0 aliphatic carbocycles. The molecule has 3 fully saturated rings. The van der Waals surface area contributed by atoms with E-state index in [1.165, 1.54) is 11.8 Å². The summed E-state index contributed by atoms with van der Waals surface area (Å²) >= 11 is 0. The molecule has 3 heterocycles. The molecule has 2 unspecified atom stereocenters. The second-order valence-electron chi connectivity index (χ2n) is 10.9. The first kappa shape index (κ1) is 29.2. The lowest BCUT2D eigenvalue weighted by molar-refractivity contribution is -0.200. The average Bonchev–Trinajstić information content (AvgIpc) is 2.82. The molecule has 1 aromatic carbocycles. The zero-order valence-electron chi connectivity index (χ0n) is 21.6. The molecule has 1 spiro atoms. The fourth-order valence-corrected chi connectivity index (χ4v) is 5.38. The molecule has 0 bridgehead atoms. The van der Waals surface area contributed by atoms with Crippen LogP contribution in [0, 0.1) is 5.41 Å². The maximum Gasteiger partial charge on any atom is 0.425 e. The number of aliphatic carboxylic acids is 1. The van der Waals surface area contributed by atoms with Crippen molar-refractivity contribution in [3.05, 3.63) is 29.3 Å². The number of hydrogen-bond donors (Lipinski definition) is 1. The molecule has 8 nitrogen and oxygen atoms in total. The molecule has 0 aromatic heterocycles. The Morgan fingerprint density at radius 1 is 1.05 bits per heavy atom. The number of rotatable bonds is 5. The van der Waals surface area contributed by atoms with Crippen LogP contribution in [0.15, 0.2) is 18.2 Å². The van der Waals surface area contributed by atoms with Crippen LogP contribution in [0.2, 0.25) is 0 Å². The van der Waals surface area contributed by atoms with Gasteiger partial charge in [-0.25, -0.2) is 9.59 Å². The Bertz CT molecular complexity index is 1080. The SMILES string of the molecule is CC(OC(=O)N1CCC2(CC1)CN(Cc1cc(N3CCOC(C)(C(=O)O)C3)cc(C(F)(F)F)c1)C2)C(F)(F)F. The van der Waals surface area contributed by atoms with Gasteiger partial charge in [-0.1, -0.05) is 0 Å². The third-order valence-electron chi connectivity index (χ3n) is 7.74. The average molecular weight is 568 g/mol. The van der Waals surface area contributed by atoms with E-state index in [-0.39, 0.29) is 50.4 Å². The number of hydrogen-bond acceptors (Lipinski definition) is 6. The van der Waals surface area contributed by atoms with E-state index in [1.807, 2.05) is 4.90 Å². The second kappa shape index (κ2) is 10.3. The highest BCUT2D eigenvalue weighted by Crippen LogP contribution is 2.42. The van der Waals surface area contributed by atoms with Crippen LogP contribution in [-0.2, 0) is 27.0 Å². The second-order valence-corrected chi connectivity index (χ2v) is 10.9. The van der Waals surface area contributed by atoms with Gasteiger partial charge in [0.2, 0.25) is 0 Å². The molecule has 1 amide bonds. The van der Waals surface area contributed by atoms with Crippen LogP contribution < -0.4 is 4.90 Å². The molecule has 0 saturated carbocycles. The van der Waals surface area contributed by atoms with Crippen molar-refractivity contribution in [2.24, 2.45) is 5.41 Å². The van der Waals surface area contributed by atoms with E-state index < -0.39 is 41.7 Å². The maximum absolute atomic E-state index is 13.7. The van der Waals surface area contributed by atoms with Crippen molar-refractivity contribution in [3.63, 3.8) is 0 Å². The molecule has 39 heavy (non-hydrogen) atoms. The van der Waals surface area contributed by atoms with Gasteiger partial charge in [0, 0.05) is 45.0 Å². The van der Waals surface area contributed by atoms with Gasteiger partial charge in [0.05, 0.1) is 18.7 Å². The molecular weight excluding hydrogens is 536 g/mol. The number of anilines is 1. The number of amides is 1. The molecule has 2 atom stereocenters. The van der Waals surface area contributed by atoms with Gasteiger partial charge in [0.25, 0.3) is 0 Å². The lowest BCUT2D eigenvalue weighted by Gasteiger charge is -2.54. The van der Waals surface area contributed by atoms with Crippen molar-refractivity contribution in [2.75, 3.05) is 50.8 Å². The number of benzene rings is 1. The largest absolute Gasteiger partial charge is 0.479 e. The molecule has 4 rings (SSSR count). The minimum Gasteiger partial charge on any atom is -0.479 e. The van der Waals surface area contributed by atoms with E-state index in [4.69, 9.17) is 4.74 Å². The highest BCUT2D eigenvalue weighted by molar-refractivity contribution is 5.78. The van der Waals surface area contributed by atoms with Gasteiger partial charge in [-0.05, 0) is 55.9 Å². The Kier molecular flexibility index (Phi) is 7.76. The van der Waals surface area contributed by atoms with Gasteiger partial charge < -0.3 is 24.4 Å². The summed E-state index contributed by atoms with van der Waals surface area (Å²) in [6, 6.07) is 3.74. The van der Waals surface area contributed by atoms with Gasteiger partial charge in [-0.15, -0.1) is 0 Å². The lowest BCUT2D eigenvalue weighted by Crippen LogP contribution is -2.60. The van der Waals surface area contributed by atoms with Crippen LogP contribution in [0.3, 0.4) is 0 Å². The number of carbonyl (C=O) groups excluding carboxylic acids is 1. The number of ether oxygens (including phenoxy) is 2. The standard InChI is InChI=1S/C25H31F6N3O5/c1-16(24(26,27)28)39-21(37)33-5-3-23(4-6-33)14-32(15-23)12-17-9-18(25(29,30)31)11-19(10-17)34-7-8-38-22(2,13-34)20(35)36/h9-11,16H,3-8,12-15H2,1-2H3,(H,35,36). The lowest BCUT2D eigenvalue weighted by atomic mass is 9.72. The normalized spacial score (nSPS) is 24.8. The van der Waals surface area contributed by atoms with E-state index in [0.717, 1.165) is 19.1 Å². The summed E-state index contributed by atoms with van der Waals surface area (Å²) < 4.78 is 89.0. The van der Waals surface area contributed by atoms with Crippen LogP contribution in [0.5, 0.6) is 0 Å². The molecule has 218 valence electrons. The molecule has 3 aliphatic rings. The first-order chi connectivity index (χ1) is 18.0. The van der Waals surface area contributed by atoms with Gasteiger partial charge in [-0.2, -0.15) is 26.3 Å². The quantitative estimate of drug-likeness (QED) is 0.530. The Morgan fingerprint density at radius 3 is 2.26 bits per heavy atom. The number of halogens is 6. The van der Waals surface area contributed by atoms with E-state index in [0.29, 0.717) is 31.5 Å². The summed E-state index contributed by atoms with van der Waals surface area (Å²) in [5.41, 5.74) is -1.83. The third-order valence-corrected chi connectivity index (χ3v) is 7.74. The van der Waals surface area contributed by atoms with Crippen LogP contribution in [-0.4, -0.2) is 90.7 Å². The summed E-state index contributed by atoms with van der Waals surface area (Å²) in [4.78, 5) is 28.5. The fraction of sp³-hybridized carbons (Fsp3) is 0.680. The summed E-state index contributed by atoms with van der Waals surface area (Å²) in [5, 5.41) is 9.49. The first-order valence-electron chi connectivity index (χ1n) is 12.6. The fourth-order valence-electron chi connectivity index (χ4n) is 5.38. The molecule has 1 aromatic rings. The van der Waals surface area contributed by atoms with Crippen LogP contribution >= 0.6 is 0 Å². The number of carbonyl (C=O) groups is 2. The van der Waals surface area contributed by atoms with Crippen LogP contribution in [0.4, 0.5) is 36.8 Å². The van der Waals surface area contributed by atoms with E-state index >= 15 is 0 Å². The number of carboxylic acid groups (broad SMARTS) is 1. The van der Waals surface area contributed by atoms with Crippen LogP contribution in [0.1, 0.15) is 37.8 Å². The molecule has 0 radical (unpaired) electrons. The molecule has 14 heteroatoms. The van der Waals surface area contributed by atoms with Crippen molar-refractivity contribution < 1.29 is 50.5 Å². The van der Waals surface area contributed by atoms with E-state index in [1.54, 1.807) is 11.0 Å². The molecule has 3 saturated heterocycles. The summed E-state index contributed by atoms with van der Waals surface area (Å²) in [6.07, 6.45) is -11.3. The number of likely N-dealkylation sites (tertiary alicyclic amines) is 2. The van der Waals surface area contributed by atoms with Crippen molar-refractivity contribution in [3.8, 4) is 0 Å². The van der Waals surface area contributed by atoms with Crippen molar-refractivity contribution >= 4 is 17.7 Å². The number of nitrogens with zero attached hydrogens (tertiary/aromatic N) is 3. The smallest absolute Gasteiger partial charge is 0.425 e. The highest BCUT2D eigenvalue weighted by atomic mass is 19.4. The Morgan fingerprint density at radius 2 is 1.69 bits per heavy atom. The van der Waals surface area contributed by atoms with Gasteiger partial charge in [-0.3, -0.25) is 4.90 Å². The van der Waals surface area contributed by atoms with Gasteiger partial charge in [0.1, 0.15) is 0 Å². The zero-order chi connectivity index (χ0) is 28.8. The summed E-state index contributed by atoms with van der Waals surface area (Å²) in [7, 11) is 0. The first-order valence-corrected chi connectivity index (χ1v) is 12.6. The number of morpholine rings is 1. The van der Waals surface area contributed by atoms with E-state index in [2.05, 4.69) is 4.74 Å². The Hall–Kier alpha value is -2.74. The molecular formula is C25H31F6N3O5. The predicted octanol–water partition coefficient (Wildman–Crippen LogP) is 4.37. The predicted molar refractivity (Wildman–Crippen MR) is 126 cm³/mol. The van der Waals surface area contributed by atoms with Gasteiger partial charge >= 0.3 is 24.4 Å². The monoisotopic (exact) mass is 567 g/mol. The number of alkyl halides is 6. The Balaban J connectivity index is 1.38. The highest BCUT2D eigenvalue weighted by Gasteiger charge is 2.47. The van der Waals surface area contributed by atoms with E-state index in [9.17, 15) is 41.0 Å². The summed E-state index contributed by atoms with van der Waals surface area (Å²) in [6.45, 7) is 4.25. The minimum atomic E-state index is -4.64. The van der Waals surface area contributed by atoms with Gasteiger partial charge in [0.15, 0.2) is 11.7 Å². The zero-order valence-corrected chi connectivity index (χ0v) is 21.6. The van der Waals surface area contributed by atoms with Crippen molar-refractivity contribution in [1.29, 1.82) is 0 Å². The number of carboxylic acids is 1. The topological polar surface area (TPSA) is 82.5 Å². The van der Waals surface area contributed by atoms with Crippen molar-refractivity contribution in [1.82, 2.24) is 9.80 Å². The number of piperidine rings is 1. The molecule has 3 aliphatic heterocycles. The van der Waals surface area contributed by atoms with Crippen molar-refractivity contribution in [2.45, 2.75) is 57.3 Å². The third kappa shape index (κ3) is 6.53. The molecule has 1 N–H and O–H groups in total. The summed E-state index contributed by atoms with van der Waals surface area (Å²) in [5.74, 6) is -1.19. The minimum absolute atomic E-state index is 0.0582. The maximum atomic E-state index is 13.7.